The van der Waals surface area contributed by atoms with E-state index in [-0.39, 0.29) is 18.6 Å². The number of aliphatic hydroxyl groups excluding tert-OH is 1. The van der Waals surface area contributed by atoms with Crippen LogP contribution in [0.4, 0.5) is 0 Å². The summed E-state index contributed by atoms with van der Waals surface area (Å²) in [4.78, 5) is 12.1. The van der Waals surface area contributed by atoms with E-state index in [0.29, 0.717) is 17.8 Å². The van der Waals surface area contributed by atoms with Crippen LogP contribution < -0.4 is 5.32 Å². The molecular weight excluding hydrogens is 258 g/mol. The molecule has 0 aromatic carbocycles. The Morgan fingerprint density at radius 1 is 1.32 bits per heavy atom. The number of thioether (sulfide) groups is 1. The normalized spacial score (nSPS) is 37.4. The molecule has 2 saturated carbocycles. The summed E-state index contributed by atoms with van der Waals surface area (Å²) in [6.07, 6.45) is 7.58. The Labute approximate surface area is 119 Å². The van der Waals surface area contributed by atoms with Gasteiger partial charge in [0.2, 0.25) is 5.91 Å². The molecule has 4 atom stereocenters. The number of nitrogens with one attached hydrogen (secondary N) is 1. The average Bonchev–Trinajstić information content (AvgIpc) is 3.00. The summed E-state index contributed by atoms with van der Waals surface area (Å²) in [6.45, 7) is 0.222. The topological polar surface area (TPSA) is 49.3 Å². The molecule has 0 aromatic rings. The predicted molar refractivity (Wildman–Crippen MR) is 78.0 cm³/mol. The minimum Gasteiger partial charge on any atom is -0.396 e. The molecule has 19 heavy (non-hydrogen) atoms. The number of fused-ring (bicyclic) bond motifs is 2. The number of rotatable bonds is 3. The van der Waals surface area contributed by atoms with Crippen molar-refractivity contribution in [2.45, 2.75) is 38.1 Å². The van der Waals surface area contributed by atoms with Crippen molar-refractivity contribution in [2.75, 3.05) is 18.1 Å². The van der Waals surface area contributed by atoms with Gasteiger partial charge in [-0.15, -0.1) is 0 Å². The Hall–Kier alpha value is -0.480. The molecule has 3 nitrogen and oxygen atoms in total. The van der Waals surface area contributed by atoms with Crippen molar-refractivity contribution < 1.29 is 9.90 Å². The van der Waals surface area contributed by atoms with E-state index in [4.69, 9.17) is 0 Å². The zero-order valence-corrected chi connectivity index (χ0v) is 12.1. The third-order valence-electron chi connectivity index (χ3n) is 5.08. The number of amides is 1. The maximum Gasteiger partial charge on any atom is 0.244 e. The molecule has 1 heterocycles. The summed E-state index contributed by atoms with van der Waals surface area (Å²) in [7, 11) is 0. The second-order valence-electron chi connectivity index (χ2n) is 6.13. The molecule has 1 aliphatic heterocycles. The van der Waals surface area contributed by atoms with Crippen molar-refractivity contribution in [3.63, 3.8) is 0 Å². The molecule has 1 saturated heterocycles. The van der Waals surface area contributed by atoms with Gasteiger partial charge in [-0.3, -0.25) is 4.79 Å². The fourth-order valence-corrected chi connectivity index (χ4v) is 5.08. The van der Waals surface area contributed by atoms with E-state index in [1.54, 1.807) is 0 Å². The second kappa shape index (κ2) is 5.88. The first-order valence-corrected chi connectivity index (χ1v) is 8.62. The summed E-state index contributed by atoms with van der Waals surface area (Å²) >= 11 is 1.97. The number of carbonyl (C=O) groups is 1. The summed E-state index contributed by atoms with van der Waals surface area (Å²) < 4.78 is 0. The number of hydrogen-bond acceptors (Lipinski definition) is 3. The van der Waals surface area contributed by atoms with Crippen molar-refractivity contribution in [3.8, 4) is 0 Å². The minimum absolute atomic E-state index is 0.0675. The van der Waals surface area contributed by atoms with E-state index in [2.05, 4.69) is 5.32 Å². The van der Waals surface area contributed by atoms with Crippen LogP contribution >= 0.6 is 11.8 Å². The van der Waals surface area contributed by atoms with E-state index in [0.717, 1.165) is 24.3 Å². The Morgan fingerprint density at radius 2 is 2.05 bits per heavy atom. The molecule has 106 valence electrons. The van der Waals surface area contributed by atoms with E-state index in [9.17, 15) is 9.90 Å². The third-order valence-corrected chi connectivity index (χ3v) is 6.06. The monoisotopic (exact) mass is 281 g/mol. The smallest absolute Gasteiger partial charge is 0.244 e. The van der Waals surface area contributed by atoms with Crippen LogP contribution in [-0.4, -0.2) is 35.2 Å². The molecule has 2 N–H and O–H groups in total. The van der Waals surface area contributed by atoms with Crippen molar-refractivity contribution in [1.82, 2.24) is 5.32 Å². The lowest BCUT2D eigenvalue weighted by atomic mass is 9.85. The lowest BCUT2D eigenvalue weighted by Gasteiger charge is -2.30. The highest BCUT2D eigenvalue weighted by atomic mass is 32.2. The average molecular weight is 281 g/mol. The lowest BCUT2D eigenvalue weighted by Crippen LogP contribution is -2.44. The third kappa shape index (κ3) is 2.84. The van der Waals surface area contributed by atoms with Crippen LogP contribution in [0.5, 0.6) is 0 Å². The predicted octanol–water partition coefficient (Wildman–Crippen LogP) is 1.96. The van der Waals surface area contributed by atoms with Gasteiger partial charge in [0, 0.05) is 24.6 Å². The van der Waals surface area contributed by atoms with Crippen molar-refractivity contribution in [2.24, 2.45) is 17.8 Å². The molecule has 3 fully saturated rings. The summed E-state index contributed by atoms with van der Waals surface area (Å²) in [6, 6.07) is 0.214. The number of aliphatic hydroxyl groups is 1. The van der Waals surface area contributed by atoms with Gasteiger partial charge in [-0.05, 0) is 55.4 Å². The largest absolute Gasteiger partial charge is 0.396 e. The molecular formula is C15H23NO2S. The lowest BCUT2D eigenvalue weighted by molar-refractivity contribution is -0.118. The van der Waals surface area contributed by atoms with Gasteiger partial charge < -0.3 is 10.4 Å². The molecule has 0 radical (unpaired) electrons. The van der Waals surface area contributed by atoms with Gasteiger partial charge in [-0.25, -0.2) is 0 Å². The molecule has 2 bridgehead atoms. The molecule has 3 aliphatic rings. The van der Waals surface area contributed by atoms with Crippen LogP contribution in [0.2, 0.25) is 0 Å². The molecule has 0 aromatic heterocycles. The Bertz CT molecular complexity index is 374. The van der Waals surface area contributed by atoms with Gasteiger partial charge >= 0.3 is 0 Å². The van der Waals surface area contributed by atoms with E-state index >= 15 is 0 Å². The van der Waals surface area contributed by atoms with Crippen LogP contribution in [0, 0.1) is 17.8 Å². The summed E-state index contributed by atoms with van der Waals surface area (Å²) in [5, 5.41) is 12.7. The fourth-order valence-electron chi connectivity index (χ4n) is 4.07. The van der Waals surface area contributed by atoms with Gasteiger partial charge in [-0.2, -0.15) is 11.8 Å². The maximum absolute atomic E-state index is 12.1. The molecule has 3 rings (SSSR count). The van der Waals surface area contributed by atoms with Crippen molar-refractivity contribution in [3.05, 3.63) is 11.6 Å². The Morgan fingerprint density at radius 3 is 2.79 bits per heavy atom. The van der Waals surface area contributed by atoms with Gasteiger partial charge in [0.05, 0.1) is 0 Å². The minimum atomic E-state index is 0.0675. The van der Waals surface area contributed by atoms with Gasteiger partial charge in [-0.1, -0.05) is 5.57 Å². The highest BCUT2D eigenvalue weighted by Crippen LogP contribution is 2.48. The summed E-state index contributed by atoms with van der Waals surface area (Å²) in [5.74, 6) is 3.89. The van der Waals surface area contributed by atoms with Crippen LogP contribution in [0.3, 0.4) is 0 Å². The van der Waals surface area contributed by atoms with Gasteiger partial charge in [0.25, 0.3) is 0 Å². The second-order valence-corrected chi connectivity index (χ2v) is 7.35. The molecule has 2 aliphatic carbocycles. The highest BCUT2D eigenvalue weighted by Gasteiger charge is 2.47. The zero-order valence-electron chi connectivity index (χ0n) is 11.3. The first-order chi connectivity index (χ1) is 9.28. The molecule has 4 heteroatoms. The van der Waals surface area contributed by atoms with E-state index < -0.39 is 0 Å². The van der Waals surface area contributed by atoms with Gasteiger partial charge in [0.1, 0.15) is 0 Å². The standard InChI is InChI=1S/C15H23NO2S/c17-9-13-11-1-2-12(8-11)15(13)16-14(18)7-10-3-5-19-6-4-10/h7,11-13,15,17H,1-6,8-9H2,(H,16,18). The maximum atomic E-state index is 12.1. The molecule has 1 amide bonds. The van der Waals surface area contributed by atoms with Crippen LogP contribution in [0.1, 0.15) is 32.1 Å². The Balaban J connectivity index is 1.59. The van der Waals surface area contributed by atoms with Crippen LogP contribution in [0.25, 0.3) is 0 Å². The Kier molecular flexibility index (Phi) is 4.18. The highest BCUT2D eigenvalue weighted by molar-refractivity contribution is 7.99. The van der Waals surface area contributed by atoms with Gasteiger partial charge in [0.15, 0.2) is 0 Å². The van der Waals surface area contributed by atoms with E-state index in [1.165, 1.54) is 24.8 Å². The van der Waals surface area contributed by atoms with Crippen LogP contribution in [-0.2, 0) is 4.79 Å². The number of allylic oxidation sites excluding steroid dienone is 1. The first kappa shape index (κ1) is 13.5. The quantitative estimate of drug-likeness (QED) is 0.778. The molecule has 0 spiro atoms. The number of carbonyl (C=O) groups excluding carboxylic acids is 1. The first-order valence-electron chi connectivity index (χ1n) is 7.46. The van der Waals surface area contributed by atoms with Crippen LogP contribution in [0.15, 0.2) is 11.6 Å². The number of hydrogen-bond donors (Lipinski definition) is 2. The zero-order chi connectivity index (χ0) is 13.2. The summed E-state index contributed by atoms with van der Waals surface area (Å²) in [5.41, 5.74) is 1.29. The van der Waals surface area contributed by atoms with E-state index in [1.807, 2.05) is 17.8 Å². The van der Waals surface area contributed by atoms with Crippen molar-refractivity contribution >= 4 is 17.7 Å². The molecule has 4 unspecified atom stereocenters. The SMILES string of the molecule is O=C(C=C1CCSCC1)NC1C2CCC(C2)C1CO. The van der Waals surface area contributed by atoms with Crippen molar-refractivity contribution in [1.29, 1.82) is 0 Å². The fraction of sp³-hybridized carbons (Fsp3) is 0.800.